The molecule has 19 heavy (non-hydrogen) atoms. The lowest BCUT2D eigenvalue weighted by Crippen LogP contribution is -2.51. The van der Waals surface area contributed by atoms with Gasteiger partial charge in [-0.1, -0.05) is 43.5 Å². The minimum atomic E-state index is -0.00166. The Kier molecular flexibility index (Phi) is 5.26. The average Bonchev–Trinajstić information content (AvgIpc) is 2.88. The normalized spacial score (nSPS) is 19.5. The summed E-state index contributed by atoms with van der Waals surface area (Å²) in [5.41, 5.74) is 1.28. The molecule has 0 amide bonds. The van der Waals surface area contributed by atoms with Gasteiger partial charge in [-0.25, -0.2) is 0 Å². The van der Waals surface area contributed by atoms with Gasteiger partial charge >= 0.3 is 0 Å². The van der Waals surface area contributed by atoms with E-state index in [9.17, 15) is 0 Å². The fourth-order valence-corrected chi connectivity index (χ4v) is 3.47. The summed E-state index contributed by atoms with van der Waals surface area (Å²) < 4.78 is 5.92. The maximum Gasteiger partial charge on any atom is 0.0834 e. The first-order valence-corrected chi connectivity index (χ1v) is 7.61. The molecule has 1 saturated carbocycles. The van der Waals surface area contributed by atoms with Gasteiger partial charge in [-0.05, 0) is 43.5 Å². The number of rotatable bonds is 6. The van der Waals surface area contributed by atoms with Crippen LogP contribution in [0, 0.1) is 0 Å². The van der Waals surface area contributed by atoms with Crippen LogP contribution in [0.5, 0.6) is 0 Å². The molecular weight excluding hydrogens is 258 g/mol. The number of likely N-dealkylation sites (N-methyl/N-ethyl adjacent to an activating group) is 1. The van der Waals surface area contributed by atoms with Crippen LogP contribution in [0.3, 0.4) is 0 Å². The topological polar surface area (TPSA) is 21.3 Å². The van der Waals surface area contributed by atoms with Gasteiger partial charge in [0.2, 0.25) is 0 Å². The maximum absolute atomic E-state index is 6.08. The number of benzene rings is 1. The molecule has 0 heterocycles. The molecule has 0 spiro atoms. The molecule has 1 unspecified atom stereocenters. The molecule has 106 valence electrons. The van der Waals surface area contributed by atoms with E-state index in [4.69, 9.17) is 16.3 Å². The summed E-state index contributed by atoms with van der Waals surface area (Å²) in [5.74, 6) is 0. The Hall–Kier alpha value is -0.570. The molecule has 2 rings (SSSR count). The smallest absolute Gasteiger partial charge is 0.0834 e. The molecule has 1 atom stereocenters. The predicted molar refractivity (Wildman–Crippen MR) is 80.8 cm³/mol. The Morgan fingerprint density at radius 1 is 1.37 bits per heavy atom. The van der Waals surface area contributed by atoms with Crippen molar-refractivity contribution in [3.8, 4) is 0 Å². The van der Waals surface area contributed by atoms with Crippen LogP contribution in [0.4, 0.5) is 0 Å². The van der Waals surface area contributed by atoms with Crippen LogP contribution in [0.25, 0.3) is 0 Å². The summed E-state index contributed by atoms with van der Waals surface area (Å²) in [5, 5.41) is 4.43. The molecule has 1 aliphatic rings. The average molecular weight is 282 g/mol. The summed E-state index contributed by atoms with van der Waals surface area (Å²) >= 11 is 6.08. The summed E-state index contributed by atoms with van der Waals surface area (Å²) in [7, 11) is 1.85. The third kappa shape index (κ3) is 3.50. The fourth-order valence-electron chi connectivity index (χ4n) is 3.26. The summed E-state index contributed by atoms with van der Waals surface area (Å²) in [6.07, 6.45) is 5.82. The lowest BCUT2D eigenvalue weighted by Gasteiger charge is -2.37. The molecule has 0 aliphatic heterocycles. The zero-order chi connectivity index (χ0) is 13.7. The molecule has 2 nitrogen and oxygen atoms in total. The number of halogens is 1. The standard InChI is InChI=1S/C16H24ClNO/c1-3-18-15(16(19-2)9-4-5-10-16)12-13-7-6-8-14(17)11-13/h6-8,11,15,18H,3-5,9-10,12H2,1-2H3. The number of nitrogens with one attached hydrogen (secondary N) is 1. The molecular formula is C16H24ClNO. The van der Waals surface area contributed by atoms with Gasteiger partial charge in [-0.2, -0.15) is 0 Å². The first-order chi connectivity index (χ1) is 9.20. The second-order valence-electron chi connectivity index (χ2n) is 5.42. The molecule has 0 saturated heterocycles. The van der Waals surface area contributed by atoms with E-state index in [1.165, 1.54) is 18.4 Å². The van der Waals surface area contributed by atoms with Crippen LogP contribution in [-0.4, -0.2) is 25.3 Å². The Labute approximate surface area is 121 Å². The Bertz CT molecular complexity index is 401. The minimum Gasteiger partial charge on any atom is -0.377 e. The van der Waals surface area contributed by atoms with Gasteiger partial charge in [-0.15, -0.1) is 0 Å². The Morgan fingerprint density at radius 3 is 2.68 bits per heavy atom. The highest BCUT2D eigenvalue weighted by Gasteiger charge is 2.41. The van der Waals surface area contributed by atoms with Crippen molar-refractivity contribution < 1.29 is 4.74 Å². The quantitative estimate of drug-likeness (QED) is 0.856. The van der Waals surface area contributed by atoms with Gasteiger partial charge < -0.3 is 10.1 Å². The van der Waals surface area contributed by atoms with Crippen LogP contribution in [0.1, 0.15) is 38.2 Å². The zero-order valence-electron chi connectivity index (χ0n) is 11.9. The molecule has 0 bridgehead atoms. The first-order valence-electron chi connectivity index (χ1n) is 7.23. The second kappa shape index (κ2) is 6.74. The van der Waals surface area contributed by atoms with E-state index in [0.717, 1.165) is 30.8 Å². The number of hydrogen-bond acceptors (Lipinski definition) is 2. The number of methoxy groups -OCH3 is 1. The Balaban J connectivity index is 2.15. The third-order valence-corrected chi connectivity index (χ3v) is 4.51. The Morgan fingerprint density at radius 2 is 2.11 bits per heavy atom. The second-order valence-corrected chi connectivity index (χ2v) is 5.86. The van der Waals surface area contributed by atoms with Crippen LogP contribution in [-0.2, 0) is 11.2 Å². The predicted octanol–water partition coefficient (Wildman–Crippen LogP) is 3.82. The molecule has 1 aromatic carbocycles. The highest BCUT2D eigenvalue weighted by atomic mass is 35.5. The lowest BCUT2D eigenvalue weighted by atomic mass is 9.87. The highest BCUT2D eigenvalue weighted by molar-refractivity contribution is 6.30. The first kappa shape index (κ1) is 14.8. The van der Waals surface area contributed by atoms with Crippen molar-refractivity contribution in [2.45, 2.75) is 50.7 Å². The number of hydrogen-bond donors (Lipinski definition) is 1. The van der Waals surface area contributed by atoms with Crippen molar-refractivity contribution in [1.82, 2.24) is 5.32 Å². The van der Waals surface area contributed by atoms with E-state index >= 15 is 0 Å². The summed E-state index contributed by atoms with van der Waals surface area (Å²) in [4.78, 5) is 0. The molecule has 0 aromatic heterocycles. The van der Waals surface area contributed by atoms with E-state index in [1.807, 2.05) is 19.2 Å². The molecule has 3 heteroatoms. The summed E-state index contributed by atoms with van der Waals surface area (Å²) in [6, 6.07) is 8.52. The molecule has 1 aliphatic carbocycles. The lowest BCUT2D eigenvalue weighted by molar-refractivity contribution is -0.0351. The number of ether oxygens (including phenoxy) is 1. The van der Waals surface area contributed by atoms with Crippen molar-refractivity contribution in [3.63, 3.8) is 0 Å². The maximum atomic E-state index is 6.08. The van der Waals surface area contributed by atoms with Gasteiger partial charge in [0.05, 0.1) is 5.60 Å². The van der Waals surface area contributed by atoms with E-state index in [0.29, 0.717) is 6.04 Å². The van der Waals surface area contributed by atoms with Crippen LogP contribution >= 0.6 is 11.6 Å². The highest BCUT2D eigenvalue weighted by Crippen LogP contribution is 2.37. The van der Waals surface area contributed by atoms with Crippen molar-refractivity contribution in [2.75, 3.05) is 13.7 Å². The van der Waals surface area contributed by atoms with Gasteiger partial charge in [-0.3, -0.25) is 0 Å². The third-order valence-electron chi connectivity index (χ3n) is 4.27. The van der Waals surface area contributed by atoms with Crippen LogP contribution in [0.15, 0.2) is 24.3 Å². The molecule has 1 N–H and O–H groups in total. The molecule has 1 aromatic rings. The SMILES string of the molecule is CCNC(Cc1cccc(Cl)c1)C1(OC)CCCC1. The van der Waals surface area contributed by atoms with E-state index in [1.54, 1.807) is 0 Å². The summed E-state index contributed by atoms with van der Waals surface area (Å²) in [6.45, 7) is 3.12. The fraction of sp³-hybridized carbons (Fsp3) is 0.625. The van der Waals surface area contributed by atoms with E-state index in [2.05, 4.69) is 24.4 Å². The van der Waals surface area contributed by atoms with Crippen molar-refractivity contribution >= 4 is 11.6 Å². The van der Waals surface area contributed by atoms with Crippen LogP contribution in [0.2, 0.25) is 5.02 Å². The monoisotopic (exact) mass is 281 g/mol. The van der Waals surface area contributed by atoms with Crippen molar-refractivity contribution in [3.05, 3.63) is 34.9 Å². The van der Waals surface area contributed by atoms with Crippen molar-refractivity contribution in [2.24, 2.45) is 0 Å². The van der Waals surface area contributed by atoms with Gasteiger partial charge in [0.25, 0.3) is 0 Å². The van der Waals surface area contributed by atoms with Gasteiger partial charge in [0.1, 0.15) is 0 Å². The van der Waals surface area contributed by atoms with Crippen LogP contribution < -0.4 is 5.32 Å². The van der Waals surface area contributed by atoms with E-state index in [-0.39, 0.29) is 5.60 Å². The molecule has 1 fully saturated rings. The van der Waals surface area contributed by atoms with Gasteiger partial charge in [0, 0.05) is 18.2 Å². The van der Waals surface area contributed by atoms with Gasteiger partial charge in [0.15, 0.2) is 0 Å². The largest absolute Gasteiger partial charge is 0.377 e. The van der Waals surface area contributed by atoms with Crippen molar-refractivity contribution in [1.29, 1.82) is 0 Å². The molecule has 0 radical (unpaired) electrons. The zero-order valence-corrected chi connectivity index (χ0v) is 12.7. The minimum absolute atomic E-state index is 0.00166. The van der Waals surface area contributed by atoms with E-state index < -0.39 is 0 Å².